The maximum atomic E-state index is 12.4. The number of carbonyl (C=O) groups is 1. The van der Waals surface area contributed by atoms with Crippen LogP contribution in [0.5, 0.6) is 0 Å². The van der Waals surface area contributed by atoms with Gasteiger partial charge in [-0.2, -0.15) is 0 Å². The number of hydrogen-bond acceptors (Lipinski definition) is 6. The second-order valence-electron chi connectivity index (χ2n) is 5.08. The van der Waals surface area contributed by atoms with Crippen molar-refractivity contribution in [2.24, 2.45) is 5.73 Å². The molecule has 21 heavy (non-hydrogen) atoms. The first kappa shape index (κ1) is 15.6. The van der Waals surface area contributed by atoms with Gasteiger partial charge in [0.05, 0.1) is 6.54 Å². The predicted molar refractivity (Wildman–Crippen MR) is 86.4 cm³/mol. The van der Waals surface area contributed by atoms with Crippen LogP contribution < -0.4 is 16.4 Å². The summed E-state index contributed by atoms with van der Waals surface area (Å²) in [5, 5.41) is 0.766. The molecule has 6 nitrogen and oxygen atoms in total. The SMILES string of the molecule is C#CCN(CC)C(=O)c1sc(N2CCCC(N)C2)nc1N. The van der Waals surface area contributed by atoms with Gasteiger partial charge in [-0.05, 0) is 19.8 Å². The Kier molecular flexibility index (Phi) is 5.04. The highest BCUT2D eigenvalue weighted by Crippen LogP contribution is 2.30. The summed E-state index contributed by atoms with van der Waals surface area (Å²) in [6.07, 6.45) is 7.34. The van der Waals surface area contributed by atoms with E-state index in [9.17, 15) is 4.79 Å². The number of thiazole rings is 1. The fourth-order valence-electron chi connectivity index (χ4n) is 2.37. The van der Waals surface area contributed by atoms with E-state index in [-0.39, 0.29) is 24.3 Å². The van der Waals surface area contributed by atoms with Crippen molar-refractivity contribution in [3.63, 3.8) is 0 Å². The lowest BCUT2D eigenvalue weighted by Gasteiger charge is -2.30. The van der Waals surface area contributed by atoms with Crippen molar-refractivity contribution in [2.75, 3.05) is 36.8 Å². The summed E-state index contributed by atoms with van der Waals surface area (Å²) < 4.78 is 0. The van der Waals surface area contributed by atoms with Gasteiger partial charge in [0, 0.05) is 25.7 Å². The molecule has 7 heteroatoms. The van der Waals surface area contributed by atoms with Gasteiger partial charge in [0.15, 0.2) is 5.13 Å². The smallest absolute Gasteiger partial charge is 0.268 e. The average Bonchev–Trinajstić information content (AvgIpc) is 2.86. The maximum Gasteiger partial charge on any atom is 0.268 e. The number of rotatable bonds is 4. The van der Waals surface area contributed by atoms with E-state index in [1.54, 1.807) is 4.90 Å². The van der Waals surface area contributed by atoms with Crippen molar-refractivity contribution in [1.29, 1.82) is 0 Å². The number of amides is 1. The Morgan fingerprint density at radius 1 is 1.67 bits per heavy atom. The summed E-state index contributed by atoms with van der Waals surface area (Å²) >= 11 is 1.32. The molecule has 114 valence electrons. The average molecular weight is 307 g/mol. The van der Waals surface area contributed by atoms with Gasteiger partial charge >= 0.3 is 0 Å². The lowest BCUT2D eigenvalue weighted by Crippen LogP contribution is -2.42. The fourth-order valence-corrected chi connectivity index (χ4v) is 3.36. The molecule has 1 aromatic rings. The van der Waals surface area contributed by atoms with Crippen molar-refractivity contribution in [3.05, 3.63) is 4.88 Å². The fraction of sp³-hybridized carbons (Fsp3) is 0.571. The lowest BCUT2D eigenvalue weighted by molar-refractivity contribution is 0.0790. The third-order valence-corrected chi connectivity index (χ3v) is 4.64. The van der Waals surface area contributed by atoms with E-state index >= 15 is 0 Å². The molecule has 0 spiro atoms. The van der Waals surface area contributed by atoms with Crippen LogP contribution in [0, 0.1) is 12.3 Å². The van der Waals surface area contributed by atoms with Crippen LogP contribution in [0.25, 0.3) is 0 Å². The first-order valence-corrected chi connectivity index (χ1v) is 7.88. The molecule has 1 fully saturated rings. The maximum absolute atomic E-state index is 12.4. The van der Waals surface area contributed by atoms with Crippen LogP contribution in [0.15, 0.2) is 0 Å². The number of aromatic nitrogens is 1. The molecule has 0 bridgehead atoms. The quantitative estimate of drug-likeness (QED) is 0.801. The molecule has 1 aliphatic heterocycles. The van der Waals surface area contributed by atoms with Crippen LogP contribution in [-0.4, -0.2) is 48.0 Å². The minimum atomic E-state index is -0.155. The van der Waals surface area contributed by atoms with E-state index in [1.807, 2.05) is 6.92 Å². The normalized spacial score (nSPS) is 18.3. The summed E-state index contributed by atoms with van der Waals surface area (Å²) in [7, 11) is 0. The second-order valence-corrected chi connectivity index (χ2v) is 6.06. The van der Waals surface area contributed by atoms with Gasteiger partial charge in [-0.3, -0.25) is 4.79 Å². The van der Waals surface area contributed by atoms with Crippen LogP contribution in [0.4, 0.5) is 10.9 Å². The molecule has 1 atom stereocenters. The zero-order valence-electron chi connectivity index (χ0n) is 12.2. The summed E-state index contributed by atoms with van der Waals surface area (Å²) in [4.78, 5) is 20.9. The van der Waals surface area contributed by atoms with Gasteiger partial charge in [0.25, 0.3) is 5.91 Å². The number of nitrogens with two attached hydrogens (primary N) is 2. The van der Waals surface area contributed by atoms with Crippen LogP contribution >= 0.6 is 11.3 Å². The third kappa shape index (κ3) is 3.46. The monoisotopic (exact) mass is 307 g/mol. The van der Waals surface area contributed by atoms with Crippen molar-refractivity contribution in [1.82, 2.24) is 9.88 Å². The van der Waals surface area contributed by atoms with Crippen LogP contribution in [0.2, 0.25) is 0 Å². The van der Waals surface area contributed by atoms with E-state index in [2.05, 4.69) is 15.8 Å². The topological polar surface area (TPSA) is 88.5 Å². The molecule has 2 heterocycles. The number of nitrogens with zero attached hydrogens (tertiary/aromatic N) is 3. The molecule has 0 saturated carbocycles. The second kappa shape index (κ2) is 6.78. The van der Waals surface area contributed by atoms with Gasteiger partial charge in [-0.15, -0.1) is 6.42 Å². The number of carbonyl (C=O) groups excluding carboxylic acids is 1. The molecule has 0 aliphatic carbocycles. The summed E-state index contributed by atoms with van der Waals surface area (Å²) in [6.45, 7) is 4.36. The molecule has 1 aromatic heterocycles. The first-order valence-electron chi connectivity index (χ1n) is 7.06. The zero-order chi connectivity index (χ0) is 15.4. The molecule has 1 amide bonds. The van der Waals surface area contributed by atoms with Gasteiger partial charge in [-0.1, -0.05) is 17.3 Å². The molecular weight excluding hydrogens is 286 g/mol. The van der Waals surface area contributed by atoms with E-state index in [0.717, 1.165) is 31.1 Å². The number of piperidine rings is 1. The Morgan fingerprint density at radius 3 is 3.05 bits per heavy atom. The molecular formula is C14H21N5OS. The number of anilines is 2. The first-order chi connectivity index (χ1) is 10.1. The number of nitrogen functional groups attached to an aromatic ring is 1. The molecule has 1 saturated heterocycles. The molecule has 1 unspecified atom stereocenters. The van der Waals surface area contributed by atoms with Gasteiger partial charge in [0.1, 0.15) is 10.7 Å². The van der Waals surface area contributed by atoms with Crippen molar-refractivity contribution in [2.45, 2.75) is 25.8 Å². The molecule has 4 N–H and O–H groups in total. The molecule has 0 aromatic carbocycles. The lowest BCUT2D eigenvalue weighted by atomic mass is 10.1. The van der Waals surface area contributed by atoms with Crippen molar-refractivity contribution < 1.29 is 4.79 Å². The standard InChI is InChI=1S/C14H21N5OS/c1-3-7-18(4-2)13(20)11-12(16)17-14(21-11)19-8-5-6-10(15)9-19/h1,10H,4-9,15-16H2,2H3. The Hall–Kier alpha value is -1.78. The van der Waals surface area contributed by atoms with Crippen LogP contribution in [0.3, 0.4) is 0 Å². The zero-order valence-corrected chi connectivity index (χ0v) is 13.0. The summed E-state index contributed by atoms with van der Waals surface area (Å²) in [5.41, 5.74) is 11.9. The van der Waals surface area contributed by atoms with Gasteiger partial charge in [-0.25, -0.2) is 4.98 Å². The Bertz CT molecular complexity index is 550. The van der Waals surface area contributed by atoms with Gasteiger partial charge < -0.3 is 21.3 Å². The van der Waals surface area contributed by atoms with E-state index in [4.69, 9.17) is 17.9 Å². The minimum Gasteiger partial charge on any atom is -0.382 e. The number of hydrogen-bond donors (Lipinski definition) is 2. The Labute approximate surface area is 129 Å². The Balaban J connectivity index is 2.19. The Morgan fingerprint density at radius 2 is 2.43 bits per heavy atom. The molecule has 2 rings (SSSR count). The van der Waals surface area contributed by atoms with E-state index in [1.165, 1.54) is 11.3 Å². The summed E-state index contributed by atoms with van der Waals surface area (Å²) in [5.74, 6) is 2.60. The highest BCUT2D eigenvalue weighted by molar-refractivity contribution is 7.18. The predicted octanol–water partition coefficient (Wildman–Crippen LogP) is 0.748. The van der Waals surface area contributed by atoms with Crippen LogP contribution in [0.1, 0.15) is 29.4 Å². The highest BCUT2D eigenvalue weighted by Gasteiger charge is 2.25. The van der Waals surface area contributed by atoms with Crippen molar-refractivity contribution >= 4 is 28.2 Å². The molecule has 1 aliphatic rings. The largest absolute Gasteiger partial charge is 0.382 e. The van der Waals surface area contributed by atoms with E-state index in [0.29, 0.717) is 11.4 Å². The number of terminal acetylenes is 1. The third-order valence-electron chi connectivity index (χ3n) is 3.52. The van der Waals surface area contributed by atoms with Crippen LogP contribution in [-0.2, 0) is 0 Å². The highest BCUT2D eigenvalue weighted by atomic mass is 32.1. The summed E-state index contributed by atoms with van der Waals surface area (Å²) in [6, 6.07) is 0.150. The van der Waals surface area contributed by atoms with Crippen molar-refractivity contribution in [3.8, 4) is 12.3 Å². The minimum absolute atomic E-state index is 0.150. The van der Waals surface area contributed by atoms with E-state index < -0.39 is 0 Å². The van der Waals surface area contributed by atoms with Gasteiger partial charge in [0.2, 0.25) is 0 Å². The molecule has 0 radical (unpaired) electrons.